The summed E-state index contributed by atoms with van der Waals surface area (Å²) in [5.41, 5.74) is 4.55. The second kappa shape index (κ2) is 8.22. The molecule has 2 N–H and O–H groups in total. The first kappa shape index (κ1) is 16.9. The number of carbonyl (C=O) groups excluding carboxylic acids is 1. The Hall–Kier alpha value is -2.49. The predicted molar refractivity (Wildman–Crippen MR) is 94.1 cm³/mol. The monoisotopic (exact) mass is 312 g/mol. The summed E-state index contributed by atoms with van der Waals surface area (Å²) < 4.78 is 5.19. The van der Waals surface area contributed by atoms with E-state index in [1.165, 1.54) is 11.1 Å². The van der Waals surface area contributed by atoms with Crippen molar-refractivity contribution in [3.05, 3.63) is 59.2 Å². The van der Waals surface area contributed by atoms with Crippen LogP contribution in [0.25, 0.3) is 0 Å². The summed E-state index contributed by atoms with van der Waals surface area (Å²) in [5, 5.41) is 6.12. The molecule has 2 aromatic carbocycles. The summed E-state index contributed by atoms with van der Waals surface area (Å²) in [6.45, 7) is 5.01. The first-order chi connectivity index (χ1) is 11.1. The minimum atomic E-state index is -0.00574. The number of methoxy groups -OCH3 is 1. The molecular formula is C19H24N2O2. The molecule has 0 aliphatic carbocycles. The van der Waals surface area contributed by atoms with Crippen LogP contribution in [0.15, 0.2) is 42.5 Å². The van der Waals surface area contributed by atoms with Crippen LogP contribution in [0.1, 0.15) is 16.7 Å². The topological polar surface area (TPSA) is 50.4 Å². The van der Waals surface area contributed by atoms with E-state index in [9.17, 15) is 4.79 Å². The molecule has 1 amide bonds. The Kier molecular flexibility index (Phi) is 6.03. The highest BCUT2D eigenvalue weighted by Gasteiger charge is 2.04. The van der Waals surface area contributed by atoms with Crippen LogP contribution < -0.4 is 15.4 Å². The summed E-state index contributed by atoms with van der Waals surface area (Å²) in [6, 6.07) is 13.9. The summed E-state index contributed by atoms with van der Waals surface area (Å²) in [6.07, 6.45) is 0.784. The first-order valence-electron chi connectivity index (χ1n) is 7.80. The van der Waals surface area contributed by atoms with Crippen LogP contribution >= 0.6 is 0 Å². The summed E-state index contributed by atoms with van der Waals surface area (Å²) in [7, 11) is 1.65. The number of benzene rings is 2. The molecule has 0 unspecified atom stereocenters. The molecule has 2 aromatic rings. The van der Waals surface area contributed by atoms with Crippen molar-refractivity contribution in [3.63, 3.8) is 0 Å². The van der Waals surface area contributed by atoms with Gasteiger partial charge in [0.15, 0.2) is 0 Å². The highest BCUT2D eigenvalue weighted by atomic mass is 16.5. The molecule has 2 rings (SSSR count). The molecule has 0 fully saturated rings. The minimum absolute atomic E-state index is 0.00574. The number of nitrogens with one attached hydrogen (secondary N) is 2. The van der Waals surface area contributed by atoms with Gasteiger partial charge < -0.3 is 15.4 Å². The van der Waals surface area contributed by atoms with Gasteiger partial charge in [0.1, 0.15) is 5.75 Å². The Morgan fingerprint density at radius 1 is 1.13 bits per heavy atom. The van der Waals surface area contributed by atoms with Gasteiger partial charge in [0.25, 0.3) is 0 Å². The Bertz CT molecular complexity index is 668. The number of aryl methyl sites for hydroxylation is 1. The minimum Gasteiger partial charge on any atom is -0.497 e. The molecule has 0 spiro atoms. The van der Waals surface area contributed by atoms with Gasteiger partial charge in [0, 0.05) is 12.2 Å². The normalized spacial score (nSPS) is 10.2. The lowest BCUT2D eigenvalue weighted by atomic mass is 10.1. The Balaban J connectivity index is 1.76. The standard InChI is InChI=1S/C19H24N2O2/c1-14-6-4-9-18(15(14)2)21-13-19(22)20-11-10-16-7-5-8-17(12-16)23-3/h4-9,12,21H,10-11,13H2,1-3H3,(H,20,22). The van der Waals surface area contributed by atoms with E-state index in [0.29, 0.717) is 6.54 Å². The van der Waals surface area contributed by atoms with Gasteiger partial charge in [-0.05, 0) is 55.2 Å². The maximum absolute atomic E-state index is 11.9. The van der Waals surface area contributed by atoms with E-state index < -0.39 is 0 Å². The van der Waals surface area contributed by atoms with Crippen molar-refractivity contribution in [1.82, 2.24) is 5.32 Å². The van der Waals surface area contributed by atoms with Gasteiger partial charge in [-0.15, -0.1) is 0 Å². The molecule has 0 heterocycles. The quantitative estimate of drug-likeness (QED) is 0.826. The molecule has 23 heavy (non-hydrogen) atoms. The molecule has 0 atom stereocenters. The van der Waals surface area contributed by atoms with Crippen LogP contribution in [-0.2, 0) is 11.2 Å². The number of anilines is 1. The molecule has 0 bridgehead atoms. The van der Waals surface area contributed by atoms with Crippen molar-refractivity contribution in [2.45, 2.75) is 20.3 Å². The van der Waals surface area contributed by atoms with Gasteiger partial charge >= 0.3 is 0 Å². The third-order valence-corrected chi connectivity index (χ3v) is 3.91. The third kappa shape index (κ3) is 5.02. The lowest BCUT2D eigenvalue weighted by molar-refractivity contribution is -0.119. The van der Waals surface area contributed by atoms with Gasteiger partial charge in [-0.3, -0.25) is 4.79 Å². The van der Waals surface area contributed by atoms with Crippen LogP contribution in [0.5, 0.6) is 5.75 Å². The SMILES string of the molecule is COc1cccc(CCNC(=O)CNc2cccc(C)c2C)c1. The van der Waals surface area contributed by atoms with Gasteiger partial charge in [-0.1, -0.05) is 24.3 Å². The van der Waals surface area contributed by atoms with E-state index in [-0.39, 0.29) is 12.5 Å². The smallest absolute Gasteiger partial charge is 0.239 e. The fourth-order valence-corrected chi connectivity index (χ4v) is 2.35. The van der Waals surface area contributed by atoms with Crippen molar-refractivity contribution < 1.29 is 9.53 Å². The summed E-state index contributed by atoms with van der Waals surface area (Å²) in [4.78, 5) is 11.9. The van der Waals surface area contributed by atoms with E-state index in [1.54, 1.807) is 7.11 Å². The zero-order valence-corrected chi connectivity index (χ0v) is 14.0. The average molecular weight is 312 g/mol. The van der Waals surface area contributed by atoms with Crippen molar-refractivity contribution in [2.75, 3.05) is 25.5 Å². The van der Waals surface area contributed by atoms with Gasteiger partial charge in [-0.25, -0.2) is 0 Å². The van der Waals surface area contributed by atoms with Crippen LogP contribution in [0, 0.1) is 13.8 Å². The highest BCUT2D eigenvalue weighted by Crippen LogP contribution is 2.17. The van der Waals surface area contributed by atoms with E-state index in [2.05, 4.69) is 30.5 Å². The molecule has 0 aromatic heterocycles. The molecular weight excluding hydrogens is 288 g/mol. The maximum Gasteiger partial charge on any atom is 0.239 e. The number of ether oxygens (including phenoxy) is 1. The Morgan fingerprint density at radius 2 is 1.91 bits per heavy atom. The fraction of sp³-hybridized carbons (Fsp3) is 0.316. The molecule has 0 saturated carbocycles. The van der Waals surface area contributed by atoms with Crippen molar-refractivity contribution in [3.8, 4) is 5.75 Å². The molecule has 0 aliphatic heterocycles. The average Bonchev–Trinajstić information content (AvgIpc) is 2.56. The van der Waals surface area contributed by atoms with E-state index >= 15 is 0 Å². The van der Waals surface area contributed by atoms with Crippen LogP contribution in [-0.4, -0.2) is 26.1 Å². The zero-order valence-electron chi connectivity index (χ0n) is 14.0. The molecule has 122 valence electrons. The van der Waals surface area contributed by atoms with Crippen molar-refractivity contribution >= 4 is 11.6 Å². The largest absolute Gasteiger partial charge is 0.497 e. The van der Waals surface area contributed by atoms with E-state index in [4.69, 9.17) is 4.74 Å². The highest BCUT2D eigenvalue weighted by molar-refractivity contribution is 5.81. The molecule has 0 saturated heterocycles. The van der Waals surface area contributed by atoms with Gasteiger partial charge in [0.05, 0.1) is 13.7 Å². The van der Waals surface area contributed by atoms with Crippen molar-refractivity contribution in [1.29, 1.82) is 0 Å². The van der Waals surface area contributed by atoms with E-state index in [0.717, 1.165) is 23.4 Å². The number of hydrogen-bond donors (Lipinski definition) is 2. The van der Waals surface area contributed by atoms with Crippen LogP contribution in [0.2, 0.25) is 0 Å². The van der Waals surface area contributed by atoms with Crippen molar-refractivity contribution in [2.24, 2.45) is 0 Å². The second-order valence-electron chi connectivity index (χ2n) is 5.55. The van der Waals surface area contributed by atoms with Gasteiger partial charge in [-0.2, -0.15) is 0 Å². The maximum atomic E-state index is 11.9. The number of hydrogen-bond acceptors (Lipinski definition) is 3. The Labute approximate surface area is 137 Å². The lowest BCUT2D eigenvalue weighted by Crippen LogP contribution is -2.31. The second-order valence-corrected chi connectivity index (χ2v) is 5.55. The lowest BCUT2D eigenvalue weighted by Gasteiger charge is -2.11. The fourth-order valence-electron chi connectivity index (χ4n) is 2.35. The molecule has 4 nitrogen and oxygen atoms in total. The Morgan fingerprint density at radius 3 is 2.70 bits per heavy atom. The molecule has 4 heteroatoms. The number of rotatable bonds is 7. The van der Waals surface area contributed by atoms with Crippen LogP contribution in [0.4, 0.5) is 5.69 Å². The van der Waals surface area contributed by atoms with E-state index in [1.807, 2.05) is 36.4 Å². The number of amides is 1. The molecule has 0 radical (unpaired) electrons. The molecule has 0 aliphatic rings. The van der Waals surface area contributed by atoms with Gasteiger partial charge in [0.2, 0.25) is 5.91 Å². The predicted octanol–water partition coefficient (Wildman–Crippen LogP) is 3.08. The van der Waals surface area contributed by atoms with Crippen LogP contribution in [0.3, 0.4) is 0 Å². The summed E-state index contributed by atoms with van der Waals surface area (Å²) >= 11 is 0. The first-order valence-corrected chi connectivity index (χ1v) is 7.80. The number of carbonyl (C=O) groups is 1. The summed E-state index contributed by atoms with van der Waals surface area (Å²) in [5.74, 6) is 0.833. The zero-order chi connectivity index (χ0) is 16.7. The third-order valence-electron chi connectivity index (χ3n) is 3.91.